The fourth-order valence-corrected chi connectivity index (χ4v) is 4.05. The molecule has 2 aromatic rings. The topological polar surface area (TPSA) is 67.9 Å². The molecule has 1 saturated heterocycles. The maximum absolute atomic E-state index is 14.0. The molecule has 0 aromatic heterocycles. The number of carbonyl (C=O) groups excluding carboxylic acids is 2. The third-order valence-electron chi connectivity index (χ3n) is 5.86. The number of hydrogen-bond donors (Lipinski definition) is 1. The van der Waals surface area contributed by atoms with Crippen molar-refractivity contribution >= 4 is 17.5 Å². The number of nitrogens with one attached hydrogen (secondary N) is 1. The van der Waals surface area contributed by atoms with Gasteiger partial charge in [0.25, 0.3) is 11.8 Å². The molecule has 0 unspecified atom stereocenters. The van der Waals surface area contributed by atoms with Gasteiger partial charge in [-0.1, -0.05) is 6.07 Å². The Hall–Kier alpha value is -3.09. The molecule has 3 rings (SSSR count). The Balaban J connectivity index is 2.02. The predicted octanol–water partition coefficient (Wildman–Crippen LogP) is 4.81. The van der Waals surface area contributed by atoms with Crippen LogP contribution < -0.4 is 14.8 Å². The molecule has 31 heavy (non-hydrogen) atoms. The average molecular weight is 429 g/mol. The summed E-state index contributed by atoms with van der Waals surface area (Å²) in [7, 11) is 2.97. The zero-order valence-electron chi connectivity index (χ0n) is 18.6. The summed E-state index contributed by atoms with van der Waals surface area (Å²) >= 11 is 0. The number of piperidine rings is 1. The lowest BCUT2D eigenvalue weighted by Crippen LogP contribution is -2.47. The van der Waals surface area contributed by atoms with E-state index in [9.17, 15) is 14.0 Å². The van der Waals surface area contributed by atoms with E-state index in [-0.39, 0.29) is 23.6 Å². The van der Waals surface area contributed by atoms with Crippen LogP contribution in [-0.4, -0.2) is 43.0 Å². The highest BCUT2D eigenvalue weighted by Gasteiger charge is 2.32. The number of halogens is 1. The summed E-state index contributed by atoms with van der Waals surface area (Å²) in [6.07, 6.45) is 2.92. The Kier molecular flexibility index (Phi) is 6.83. The third-order valence-corrected chi connectivity index (χ3v) is 5.86. The molecule has 2 atom stereocenters. The van der Waals surface area contributed by atoms with Crippen LogP contribution in [0.4, 0.5) is 10.1 Å². The molecule has 1 aliphatic heterocycles. The van der Waals surface area contributed by atoms with E-state index >= 15 is 0 Å². The summed E-state index contributed by atoms with van der Waals surface area (Å²) in [6, 6.07) is 7.58. The number of benzene rings is 2. The number of aryl methyl sites for hydroxylation is 1. The van der Waals surface area contributed by atoms with Crippen LogP contribution in [-0.2, 0) is 0 Å². The van der Waals surface area contributed by atoms with E-state index in [4.69, 9.17) is 9.47 Å². The highest BCUT2D eigenvalue weighted by molar-refractivity contribution is 6.09. The Labute approximate surface area is 182 Å². The van der Waals surface area contributed by atoms with E-state index in [1.54, 1.807) is 31.2 Å². The molecule has 166 valence electrons. The summed E-state index contributed by atoms with van der Waals surface area (Å²) in [5, 5.41) is 2.76. The Bertz CT molecular complexity index is 982. The van der Waals surface area contributed by atoms with Crippen LogP contribution in [0.5, 0.6) is 11.5 Å². The van der Waals surface area contributed by atoms with Crippen molar-refractivity contribution in [1.29, 1.82) is 0 Å². The summed E-state index contributed by atoms with van der Waals surface area (Å²) in [5.41, 5.74) is 1.21. The van der Waals surface area contributed by atoms with Crippen LogP contribution in [0, 0.1) is 12.7 Å². The van der Waals surface area contributed by atoms with Crippen molar-refractivity contribution in [1.82, 2.24) is 4.90 Å². The van der Waals surface area contributed by atoms with Crippen molar-refractivity contribution in [3.05, 3.63) is 52.8 Å². The molecule has 1 fully saturated rings. The summed E-state index contributed by atoms with van der Waals surface area (Å²) in [6.45, 7) is 5.69. The van der Waals surface area contributed by atoms with Crippen molar-refractivity contribution in [2.24, 2.45) is 0 Å². The second-order valence-electron chi connectivity index (χ2n) is 8.01. The molecular formula is C24H29FN2O4. The van der Waals surface area contributed by atoms with Gasteiger partial charge in [0.2, 0.25) is 0 Å². The van der Waals surface area contributed by atoms with Crippen LogP contribution in [0.2, 0.25) is 0 Å². The van der Waals surface area contributed by atoms with Gasteiger partial charge in [-0.2, -0.15) is 0 Å². The second kappa shape index (κ2) is 9.37. The van der Waals surface area contributed by atoms with E-state index in [1.165, 1.54) is 20.3 Å². The number of rotatable bonds is 5. The molecule has 0 bridgehead atoms. The molecule has 6 nitrogen and oxygen atoms in total. The van der Waals surface area contributed by atoms with Gasteiger partial charge in [0.05, 0.1) is 25.5 Å². The lowest BCUT2D eigenvalue weighted by molar-refractivity contribution is 0.0511. The fraction of sp³-hybridized carbons (Fsp3) is 0.417. The lowest BCUT2D eigenvalue weighted by atomic mass is 9.96. The number of methoxy groups -OCH3 is 2. The Morgan fingerprint density at radius 3 is 2.23 bits per heavy atom. The van der Waals surface area contributed by atoms with Crippen molar-refractivity contribution in [3.8, 4) is 11.5 Å². The maximum atomic E-state index is 14.0. The minimum absolute atomic E-state index is 0.0825. The first-order valence-corrected chi connectivity index (χ1v) is 10.4. The van der Waals surface area contributed by atoms with Crippen LogP contribution in [0.15, 0.2) is 30.3 Å². The molecular weight excluding hydrogens is 399 g/mol. The van der Waals surface area contributed by atoms with Crippen LogP contribution in [0.1, 0.15) is 59.4 Å². The summed E-state index contributed by atoms with van der Waals surface area (Å²) in [4.78, 5) is 28.2. The monoisotopic (exact) mass is 428 g/mol. The smallest absolute Gasteiger partial charge is 0.256 e. The van der Waals surface area contributed by atoms with E-state index in [0.717, 1.165) is 19.3 Å². The zero-order valence-corrected chi connectivity index (χ0v) is 18.6. The van der Waals surface area contributed by atoms with Crippen LogP contribution >= 0.6 is 0 Å². The van der Waals surface area contributed by atoms with Gasteiger partial charge in [-0.3, -0.25) is 9.59 Å². The largest absolute Gasteiger partial charge is 0.493 e. The number of ether oxygens (including phenoxy) is 2. The van der Waals surface area contributed by atoms with E-state index in [2.05, 4.69) is 5.32 Å². The standard InChI is InChI=1S/C24H29FN2O4/c1-14-9-10-17(11-19(14)25)23(28)26-20-13-22(31-5)21(30-4)12-18(20)24(29)27-15(2)7-6-8-16(27)3/h9-13,15-16H,6-8H2,1-5H3,(H,26,28)/t15-,16-/m1/s1. The third kappa shape index (κ3) is 4.65. The molecule has 7 heteroatoms. The van der Waals surface area contributed by atoms with E-state index in [1.807, 2.05) is 18.7 Å². The first-order valence-electron chi connectivity index (χ1n) is 10.4. The number of amides is 2. The normalized spacial score (nSPS) is 18.5. The molecule has 1 N–H and O–H groups in total. The molecule has 0 spiro atoms. The second-order valence-corrected chi connectivity index (χ2v) is 8.01. The van der Waals surface area contributed by atoms with Gasteiger partial charge in [-0.25, -0.2) is 4.39 Å². The quantitative estimate of drug-likeness (QED) is 0.742. The molecule has 2 aromatic carbocycles. The highest BCUT2D eigenvalue weighted by atomic mass is 19.1. The van der Waals surface area contributed by atoms with Gasteiger partial charge in [0.15, 0.2) is 11.5 Å². The maximum Gasteiger partial charge on any atom is 0.256 e. The minimum Gasteiger partial charge on any atom is -0.493 e. The van der Waals surface area contributed by atoms with Crippen LogP contribution in [0.25, 0.3) is 0 Å². The van der Waals surface area contributed by atoms with Gasteiger partial charge in [0.1, 0.15) is 5.82 Å². The van der Waals surface area contributed by atoms with E-state index < -0.39 is 11.7 Å². The Morgan fingerprint density at radius 2 is 1.65 bits per heavy atom. The summed E-state index contributed by atoms with van der Waals surface area (Å²) < 4.78 is 24.7. The lowest BCUT2D eigenvalue weighted by Gasteiger charge is -2.39. The molecule has 0 aliphatic carbocycles. The molecule has 0 radical (unpaired) electrons. The molecule has 0 saturated carbocycles. The molecule has 1 heterocycles. The summed E-state index contributed by atoms with van der Waals surface area (Å²) in [5.74, 6) is -0.398. The van der Waals surface area contributed by atoms with Crippen molar-refractivity contribution in [2.45, 2.75) is 52.1 Å². The van der Waals surface area contributed by atoms with Gasteiger partial charge < -0.3 is 19.7 Å². The SMILES string of the molecule is COc1cc(NC(=O)c2ccc(C)c(F)c2)c(C(=O)N2[C@H](C)CCC[C@H]2C)cc1OC. The Morgan fingerprint density at radius 1 is 1.03 bits per heavy atom. The van der Waals surface area contributed by atoms with Crippen molar-refractivity contribution < 1.29 is 23.5 Å². The zero-order chi connectivity index (χ0) is 22.7. The van der Waals surface area contributed by atoms with Crippen molar-refractivity contribution in [3.63, 3.8) is 0 Å². The van der Waals surface area contributed by atoms with Crippen LogP contribution in [0.3, 0.4) is 0 Å². The molecule has 2 amide bonds. The van der Waals surface area contributed by atoms with Gasteiger partial charge in [-0.15, -0.1) is 0 Å². The number of likely N-dealkylation sites (tertiary alicyclic amines) is 1. The molecule has 1 aliphatic rings. The number of nitrogens with zero attached hydrogens (tertiary/aromatic N) is 1. The predicted molar refractivity (Wildman–Crippen MR) is 118 cm³/mol. The van der Waals surface area contributed by atoms with E-state index in [0.29, 0.717) is 28.3 Å². The number of carbonyl (C=O) groups is 2. The first-order chi connectivity index (χ1) is 14.8. The number of hydrogen-bond acceptors (Lipinski definition) is 4. The van der Waals surface area contributed by atoms with Crippen molar-refractivity contribution in [2.75, 3.05) is 19.5 Å². The van der Waals surface area contributed by atoms with Gasteiger partial charge in [-0.05, 0) is 63.8 Å². The fourth-order valence-electron chi connectivity index (χ4n) is 4.05. The minimum atomic E-state index is -0.514. The average Bonchev–Trinajstić information content (AvgIpc) is 2.74. The van der Waals surface area contributed by atoms with Gasteiger partial charge >= 0.3 is 0 Å². The number of anilines is 1. The van der Waals surface area contributed by atoms with Gasteiger partial charge in [0, 0.05) is 23.7 Å². The highest BCUT2D eigenvalue weighted by Crippen LogP contribution is 2.36. The first kappa shape index (κ1) is 22.6.